The number of rotatable bonds is 2. The van der Waals surface area contributed by atoms with E-state index in [0.29, 0.717) is 36.2 Å². The summed E-state index contributed by atoms with van der Waals surface area (Å²) in [5.41, 5.74) is 6.54. The van der Waals surface area contributed by atoms with Gasteiger partial charge in [-0.15, -0.1) is 0 Å². The number of nitrogens with zero attached hydrogens (tertiary/aromatic N) is 1. The fourth-order valence-electron chi connectivity index (χ4n) is 2.89. The monoisotopic (exact) mass is 286 g/mol. The third-order valence-electron chi connectivity index (χ3n) is 3.79. The molecule has 0 aromatic heterocycles. The van der Waals surface area contributed by atoms with Crippen LogP contribution in [0.1, 0.15) is 30.7 Å². The Hall–Kier alpha value is -2.63. The molecule has 1 aromatic carbocycles. The molecule has 1 unspecified atom stereocenters. The zero-order valence-electron chi connectivity index (χ0n) is 11.2. The maximum absolute atomic E-state index is 12.3. The fourth-order valence-corrected chi connectivity index (χ4v) is 2.89. The van der Waals surface area contributed by atoms with Crippen LogP contribution >= 0.6 is 0 Å². The topological polar surface area (TPSA) is 95.5 Å². The Bertz CT molecular complexity index is 676. The Morgan fingerprint density at radius 3 is 2.62 bits per heavy atom. The van der Waals surface area contributed by atoms with Gasteiger partial charge in [-0.1, -0.05) is 30.3 Å². The summed E-state index contributed by atoms with van der Waals surface area (Å²) in [6.45, 7) is 0. The van der Waals surface area contributed by atoms with Gasteiger partial charge in [0.15, 0.2) is 5.78 Å². The van der Waals surface area contributed by atoms with Crippen LogP contribution in [-0.4, -0.2) is 10.7 Å². The average Bonchev–Trinajstić information content (AvgIpc) is 2.46. The molecule has 108 valence electrons. The molecule has 0 fully saturated rings. The Labute approximate surface area is 121 Å². The fraction of sp³-hybridized carbons (Fsp3) is 0.267. The van der Waals surface area contributed by atoms with E-state index in [4.69, 9.17) is 10.5 Å². The summed E-state index contributed by atoms with van der Waals surface area (Å²) in [5.74, 6) is -0.597. The maximum Gasteiger partial charge on any atom is 0.317 e. The molecule has 1 heterocycles. The second kappa shape index (κ2) is 5.05. The van der Waals surface area contributed by atoms with Crippen molar-refractivity contribution >= 4 is 5.78 Å². The van der Waals surface area contributed by atoms with Gasteiger partial charge in [0.1, 0.15) is 11.7 Å². The molecule has 1 aromatic rings. The van der Waals surface area contributed by atoms with E-state index in [1.165, 1.54) is 0 Å². The molecular formula is C15H14N2O4. The average molecular weight is 286 g/mol. The molecule has 1 aliphatic heterocycles. The molecule has 0 saturated carbocycles. The number of carbonyl (C=O) groups excluding carboxylic acids is 1. The zero-order valence-corrected chi connectivity index (χ0v) is 11.2. The quantitative estimate of drug-likeness (QED) is 0.664. The second-order valence-electron chi connectivity index (χ2n) is 5.07. The largest absolute Gasteiger partial charge is 0.440 e. The standard InChI is InChI=1S/C15H14N2O4/c16-15-14(17(19)20)12(9-5-2-1-3-6-9)13-10(18)7-4-8-11(13)21-15/h1-3,5-6,12H,4,7-8,16H2. The highest BCUT2D eigenvalue weighted by atomic mass is 16.6. The third kappa shape index (κ3) is 2.18. The molecular weight excluding hydrogens is 272 g/mol. The van der Waals surface area contributed by atoms with Gasteiger partial charge < -0.3 is 10.5 Å². The van der Waals surface area contributed by atoms with Crippen LogP contribution in [0.3, 0.4) is 0 Å². The first-order valence-corrected chi connectivity index (χ1v) is 6.72. The summed E-state index contributed by atoms with van der Waals surface area (Å²) in [6.07, 6.45) is 1.65. The lowest BCUT2D eigenvalue weighted by Crippen LogP contribution is -2.30. The van der Waals surface area contributed by atoms with Crippen LogP contribution in [0.4, 0.5) is 0 Å². The van der Waals surface area contributed by atoms with E-state index >= 15 is 0 Å². The number of benzene rings is 1. The number of nitro groups is 1. The Morgan fingerprint density at radius 2 is 1.95 bits per heavy atom. The number of ketones is 1. The number of hydrogen-bond donors (Lipinski definition) is 1. The van der Waals surface area contributed by atoms with Crippen molar-refractivity contribution in [3.8, 4) is 0 Å². The predicted octanol–water partition coefficient (Wildman–Crippen LogP) is 2.21. The molecule has 0 radical (unpaired) electrons. The molecule has 0 spiro atoms. The highest BCUT2D eigenvalue weighted by molar-refractivity contribution is 5.99. The highest BCUT2D eigenvalue weighted by Gasteiger charge is 2.43. The van der Waals surface area contributed by atoms with Gasteiger partial charge in [0, 0.05) is 12.8 Å². The molecule has 0 saturated heterocycles. The summed E-state index contributed by atoms with van der Waals surface area (Å²) in [6, 6.07) is 8.91. The molecule has 0 amide bonds. The number of nitrogens with two attached hydrogens (primary N) is 1. The summed E-state index contributed by atoms with van der Waals surface area (Å²) >= 11 is 0. The van der Waals surface area contributed by atoms with Gasteiger partial charge in [-0.05, 0) is 12.0 Å². The molecule has 2 N–H and O–H groups in total. The smallest absolute Gasteiger partial charge is 0.317 e. The number of hydrogen-bond acceptors (Lipinski definition) is 5. The summed E-state index contributed by atoms with van der Waals surface area (Å²) in [5, 5.41) is 11.4. The number of Topliss-reactive ketones (excluding diaryl/α,β-unsaturated/α-hetero) is 1. The first kappa shape index (κ1) is 13.4. The van der Waals surface area contributed by atoms with Crippen molar-refractivity contribution in [1.82, 2.24) is 0 Å². The molecule has 6 heteroatoms. The third-order valence-corrected chi connectivity index (χ3v) is 3.79. The first-order valence-electron chi connectivity index (χ1n) is 6.72. The van der Waals surface area contributed by atoms with Crippen LogP contribution in [0.2, 0.25) is 0 Å². The minimum Gasteiger partial charge on any atom is -0.440 e. The van der Waals surface area contributed by atoms with Crippen LogP contribution < -0.4 is 5.73 Å². The Morgan fingerprint density at radius 1 is 1.24 bits per heavy atom. The van der Waals surface area contributed by atoms with Crippen LogP contribution in [0.25, 0.3) is 0 Å². The van der Waals surface area contributed by atoms with Crippen LogP contribution in [0, 0.1) is 10.1 Å². The van der Waals surface area contributed by atoms with E-state index in [1.54, 1.807) is 24.3 Å². The normalized spacial score (nSPS) is 21.9. The molecule has 3 rings (SSSR count). The van der Waals surface area contributed by atoms with Crippen molar-refractivity contribution < 1.29 is 14.5 Å². The molecule has 2 aliphatic rings. The number of ether oxygens (including phenoxy) is 1. The lowest BCUT2D eigenvalue weighted by molar-refractivity contribution is -0.433. The van der Waals surface area contributed by atoms with Gasteiger partial charge in [-0.2, -0.15) is 0 Å². The predicted molar refractivity (Wildman–Crippen MR) is 74.4 cm³/mol. The molecule has 1 atom stereocenters. The second-order valence-corrected chi connectivity index (χ2v) is 5.07. The van der Waals surface area contributed by atoms with Gasteiger partial charge in [-0.3, -0.25) is 14.9 Å². The van der Waals surface area contributed by atoms with E-state index in [2.05, 4.69) is 0 Å². The van der Waals surface area contributed by atoms with Crippen molar-refractivity contribution in [2.75, 3.05) is 0 Å². The Kier molecular flexibility index (Phi) is 3.21. The zero-order chi connectivity index (χ0) is 15.0. The van der Waals surface area contributed by atoms with Gasteiger partial charge in [0.25, 0.3) is 5.88 Å². The van der Waals surface area contributed by atoms with Gasteiger partial charge in [0.2, 0.25) is 0 Å². The lowest BCUT2D eigenvalue weighted by Gasteiger charge is -2.29. The minimum atomic E-state index is -0.752. The highest BCUT2D eigenvalue weighted by Crippen LogP contribution is 2.43. The van der Waals surface area contributed by atoms with E-state index < -0.39 is 10.8 Å². The van der Waals surface area contributed by atoms with E-state index in [1.807, 2.05) is 6.07 Å². The number of allylic oxidation sites excluding steroid dienone is 2. The first-order chi connectivity index (χ1) is 10.1. The lowest BCUT2D eigenvalue weighted by atomic mass is 9.80. The van der Waals surface area contributed by atoms with Crippen molar-refractivity contribution in [3.05, 3.63) is 68.9 Å². The SMILES string of the molecule is NC1=C([N+](=O)[O-])C(c2ccccc2)C2=C(CCCC2=O)O1. The Balaban J connectivity index is 2.20. The molecule has 21 heavy (non-hydrogen) atoms. The molecule has 0 bridgehead atoms. The van der Waals surface area contributed by atoms with Crippen molar-refractivity contribution in [2.45, 2.75) is 25.2 Å². The summed E-state index contributed by atoms with van der Waals surface area (Å²) in [7, 11) is 0. The number of carbonyl (C=O) groups is 1. The van der Waals surface area contributed by atoms with E-state index in [0.717, 1.165) is 0 Å². The van der Waals surface area contributed by atoms with Crippen LogP contribution in [0.15, 0.2) is 53.2 Å². The molecule has 6 nitrogen and oxygen atoms in total. The van der Waals surface area contributed by atoms with Crippen LogP contribution in [0.5, 0.6) is 0 Å². The van der Waals surface area contributed by atoms with E-state index in [-0.39, 0.29) is 17.4 Å². The molecule has 1 aliphatic carbocycles. The van der Waals surface area contributed by atoms with E-state index in [9.17, 15) is 14.9 Å². The van der Waals surface area contributed by atoms with Crippen LogP contribution in [-0.2, 0) is 9.53 Å². The minimum absolute atomic E-state index is 0.100. The van der Waals surface area contributed by atoms with Crippen molar-refractivity contribution in [2.24, 2.45) is 5.73 Å². The maximum atomic E-state index is 12.3. The summed E-state index contributed by atoms with van der Waals surface area (Å²) in [4.78, 5) is 23.1. The van der Waals surface area contributed by atoms with Crippen molar-refractivity contribution in [1.29, 1.82) is 0 Å². The summed E-state index contributed by atoms with van der Waals surface area (Å²) < 4.78 is 5.36. The van der Waals surface area contributed by atoms with Gasteiger partial charge >= 0.3 is 5.70 Å². The van der Waals surface area contributed by atoms with Gasteiger partial charge in [-0.25, -0.2) is 0 Å². The van der Waals surface area contributed by atoms with Crippen molar-refractivity contribution in [3.63, 3.8) is 0 Å². The van der Waals surface area contributed by atoms with Gasteiger partial charge in [0.05, 0.1) is 10.5 Å².